The molecule has 1 aromatic rings. The van der Waals surface area contributed by atoms with Gasteiger partial charge < -0.3 is 10.2 Å². The summed E-state index contributed by atoms with van der Waals surface area (Å²) in [7, 11) is 0. The van der Waals surface area contributed by atoms with E-state index >= 15 is 0 Å². The van der Waals surface area contributed by atoms with Crippen LogP contribution in [-0.4, -0.2) is 34.0 Å². The maximum atomic E-state index is 11.4. The number of anilines is 2. The Hall–Kier alpha value is -1.92. The lowest BCUT2D eigenvalue weighted by Crippen LogP contribution is -2.41. The first-order valence-corrected chi connectivity index (χ1v) is 7.47. The Labute approximate surface area is 124 Å². The number of aryl methyl sites for hydroxylation is 1. The molecule has 0 aromatic carbocycles. The number of nitrogens with zero attached hydrogens (tertiary/aromatic N) is 4. The van der Waals surface area contributed by atoms with Crippen LogP contribution in [0.3, 0.4) is 0 Å². The molecule has 2 rings (SSSR count). The quantitative estimate of drug-likeness (QED) is 0.678. The number of nitrogens with one attached hydrogen (secondary N) is 1. The molecule has 0 bridgehead atoms. The van der Waals surface area contributed by atoms with Crippen LogP contribution in [0, 0.1) is 23.0 Å². The Kier molecular flexibility index (Phi) is 4.59. The van der Waals surface area contributed by atoms with Crippen LogP contribution in [0.15, 0.2) is 0 Å². The van der Waals surface area contributed by atoms with Crippen molar-refractivity contribution in [2.75, 3.05) is 23.3 Å². The summed E-state index contributed by atoms with van der Waals surface area (Å²) in [6.07, 6.45) is 2.05. The molecule has 116 valence electrons. The molecule has 0 saturated carbocycles. The largest absolute Gasteiger partial charge is 0.354 e. The van der Waals surface area contributed by atoms with Gasteiger partial charge in [0, 0.05) is 19.1 Å². The molecular formula is C14H23N5O2. The molecule has 1 aliphatic rings. The summed E-state index contributed by atoms with van der Waals surface area (Å²) in [6, 6.07) is 0.247. The molecule has 21 heavy (non-hydrogen) atoms. The summed E-state index contributed by atoms with van der Waals surface area (Å²) in [5.74, 6) is 1.55. The fraction of sp³-hybridized carbons (Fsp3) is 0.714. The minimum Gasteiger partial charge on any atom is -0.354 e. The lowest BCUT2D eigenvalue weighted by atomic mass is 9.93. The van der Waals surface area contributed by atoms with Gasteiger partial charge in [0.05, 0.1) is 4.92 Å². The van der Waals surface area contributed by atoms with Gasteiger partial charge in [-0.25, -0.2) is 4.98 Å². The molecule has 7 nitrogen and oxygen atoms in total. The summed E-state index contributed by atoms with van der Waals surface area (Å²) in [5, 5.41) is 14.4. The summed E-state index contributed by atoms with van der Waals surface area (Å²) >= 11 is 0. The third-order valence-corrected chi connectivity index (χ3v) is 3.97. The van der Waals surface area contributed by atoms with Gasteiger partial charge in [-0.05, 0) is 39.5 Å². The molecule has 1 N–H and O–H groups in total. The highest BCUT2D eigenvalue weighted by atomic mass is 16.6. The molecule has 7 heteroatoms. The van der Waals surface area contributed by atoms with E-state index in [1.54, 1.807) is 6.92 Å². The first-order valence-electron chi connectivity index (χ1n) is 7.47. The molecule has 0 spiro atoms. The number of hydrogen-bond acceptors (Lipinski definition) is 6. The highest BCUT2D eigenvalue weighted by Crippen LogP contribution is 2.34. The maximum absolute atomic E-state index is 11.4. The van der Waals surface area contributed by atoms with Gasteiger partial charge in [0.25, 0.3) is 0 Å². The SMILES string of the molecule is CCNc1nc(C)c([N+](=O)[O-])c(N2CCC(C)CC2C)n1. The third kappa shape index (κ3) is 3.22. The number of rotatable bonds is 4. The van der Waals surface area contributed by atoms with Gasteiger partial charge >= 0.3 is 5.69 Å². The summed E-state index contributed by atoms with van der Waals surface area (Å²) in [4.78, 5) is 21.7. The first kappa shape index (κ1) is 15.5. The molecule has 1 aliphatic heterocycles. The van der Waals surface area contributed by atoms with Crippen LogP contribution in [0.25, 0.3) is 0 Å². The average molecular weight is 293 g/mol. The van der Waals surface area contributed by atoms with Crippen LogP contribution in [0.2, 0.25) is 0 Å². The molecular weight excluding hydrogens is 270 g/mol. The van der Waals surface area contributed by atoms with Crippen molar-refractivity contribution >= 4 is 17.5 Å². The molecule has 2 atom stereocenters. The molecule has 1 aromatic heterocycles. The lowest BCUT2D eigenvalue weighted by Gasteiger charge is -2.37. The smallest absolute Gasteiger partial charge is 0.332 e. The van der Waals surface area contributed by atoms with Crippen LogP contribution in [0.1, 0.15) is 39.3 Å². The molecule has 0 amide bonds. The van der Waals surface area contributed by atoms with Gasteiger partial charge in [-0.15, -0.1) is 0 Å². The maximum Gasteiger partial charge on any atom is 0.332 e. The Morgan fingerprint density at radius 2 is 2.14 bits per heavy atom. The van der Waals surface area contributed by atoms with Crippen LogP contribution in [0.5, 0.6) is 0 Å². The highest BCUT2D eigenvalue weighted by molar-refractivity contribution is 5.63. The van der Waals surface area contributed by atoms with E-state index in [1.165, 1.54) is 0 Å². The predicted octanol–water partition coefficient (Wildman–Crippen LogP) is 2.75. The topological polar surface area (TPSA) is 84.2 Å². The fourth-order valence-corrected chi connectivity index (χ4v) is 2.92. The van der Waals surface area contributed by atoms with Gasteiger partial charge in [-0.1, -0.05) is 6.92 Å². The molecule has 2 heterocycles. The normalized spacial score (nSPS) is 22.2. The second kappa shape index (κ2) is 6.24. The summed E-state index contributed by atoms with van der Waals surface area (Å²) in [6.45, 7) is 9.42. The summed E-state index contributed by atoms with van der Waals surface area (Å²) in [5.41, 5.74) is 0.435. The van der Waals surface area contributed by atoms with E-state index in [9.17, 15) is 10.1 Å². The first-order chi connectivity index (χ1) is 9.93. The predicted molar refractivity (Wildman–Crippen MR) is 82.8 cm³/mol. The van der Waals surface area contributed by atoms with E-state index in [2.05, 4.69) is 29.1 Å². The van der Waals surface area contributed by atoms with Crippen LogP contribution in [-0.2, 0) is 0 Å². The molecule has 0 radical (unpaired) electrons. The van der Waals surface area contributed by atoms with Crippen molar-refractivity contribution in [3.05, 3.63) is 15.8 Å². The van der Waals surface area contributed by atoms with Crippen LogP contribution in [0.4, 0.5) is 17.5 Å². The van der Waals surface area contributed by atoms with Crippen molar-refractivity contribution in [2.24, 2.45) is 5.92 Å². The monoisotopic (exact) mass is 293 g/mol. The van der Waals surface area contributed by atoms with Crippen LogP contribution < -0.4 is 10.2 Å². The minimum atomic E-state index is -0.370. The summed E-state index contributed by atoms with van der Waals surface area (Å²) < 4.78 is 0. The highest BCUT2D eigenvalue weighted by Gasteiger charge is 2.32. The molecule has 2 unspecified atom stereocenters. The van der Waals surface area contributed by atoms with Gasteiger partial charge in [0.1, 0.15) is 5.69 Å². The Bertz CT molecular complexity index is 534. The van der Waals surface area contributed by atoms with E-state index in [0.717, 1.165) is 19.4 Å². The molecule has 0 aliphatic carbocycles. The number of nitro groups is 1. The van der Waals surface area contributed by atoms with Crippen molar-refractivity contribution in [1.29, 1.82) is 0 Å². The minimum absolute atomic E-state index is 0.0260. The standard InChI is InChI=1S/C14H23N5O2/c1-5-15-14-16-11(4)12(19(20)21)13(17-14)18-7-6-9(2)8-10(18)3/h9-10H,5-8H2,1-4H3,(H,15,16,17). The Morgan fingerprint density at radius 3 is 2.71 bits per heavy atom. The van der Waals surface area contributed by atoms with Crippen molar-refractivity contribution in [2.45, 2.75) is 46.6 Å². The van der Waals surface area contributed by atoms with Crippen molar-refractivity contribution < 1.29 is 4.92 Å². The second-order valence-corrected chi connectivity index (χ2v) is 5.76. The van der Waals surface area contributed by atoms with E-state index in [1.807, 2.05) is 11.8 Å². The van der Waals surface area contributed by atoms with E-state index in [-0.39, 0.29) is 16.7 Å². The van der Waals surface area contributed by atoms with Gasteiger partial charge in [0.2, 0.25) is 11.8 Å². The van der Waals surface area contributed by atoms with E-state index < -0.39 is 0 Å². The average Bonchev–Trinajstić information content (AvgIpc) is 2.37. The zero-order chi connectivity index (χ0) is 15.6. The van der Waals surface area contributed by atoms with Crippen LogP contribution >= 0.6 is 0 Å². The molecule has 1 fully saturated rings. The number of piperidine rings is 1. The van der Waals surface area contributed by atoms with Gasteiger partial charge in [-0.2, -0.15) is 4.98 Å². The van der Waals surface area contributed by atoms with E-state index in [0.29, 0.717) is 29.9 Å². The van der Waals surface area contributed by atoms with Gasteiger partial charge in [0.15, 0.2) is 0 Å². The zero-order valence-electron chi connectivity index (χ0n) is 13.1. The second-order valence-electron chi connectivity index (χ2n) is 5.76. The van der Waals surface area contributed by atoms with Crippen molar-refractivity contribution in [3.63, 3.8) is 0 Å². The lowest BCUT2D eigenvalue weighted by molar-refractivity contribution is -0.385. The van der Waals surface area contributed by atoms with Crippen molar-refractivity contribution in [3.8, 4) is 0 Å². The number of hydrogen-bond donors (Lipinski definition) is 1. The Balaban J connectivity index is 2.46. The molecule has 1 saturated heterocycles. The fourth-order valence-electron chi connectivity index (χ4n) is 2.92. The Morgan fingerprint density at radius 1 is 1.43 bits per heavy atom. The van der Waals surface area contributed by atoms with E-state index in [4.69, 9.17) is 0 Å². The third-order valence-electron chi connectivity index (χ3n) is 3.97. The number of aromatic nitrogens is 2. The zero-order valence-corrected chi connectivity index (χ0v) is 13.1. The van der Waals surface area contributed by atoms with Crippen molar-refractivity contribution in [1.82, 2.24) is 9.97 Å². The van der Waals surface area contributed by atoms with Gasteiger partial charge in [-0.3, -0.25) is 10.1 Å².